The number of methoxy groups -OCH3 is 1. The summed E-state index contributed by atoms with van der Waals surface area (Å²) in [5.41, 5.74) is 0.0401. The molecule has 1 N–H and O–H groups in total. The van der Waals surface area contributed by atoms with Crippen molar-refractivity contribution in [3.05, 3.63) is 34.6 Å². The second-order valence-corrected chi connectivity index (χ2v) is 4.79. The third-order valence-corrected chi connectivity index (χ3v) is 3.25. The summed E-state index contributed by atoms with van der Waals surface area (Å²) in [7, 11) is 1.23. The molecule has 0 radical (unpaired) electrons. The minimum absolute atomic E-state index is 0.373. The van der Waals surface area contributed by atoms with Crippen LogP contribution in [0.15, 0.2) is 29.1 Å². The monoisotopic (exact) mass is 304 g/mol. The number of ether oxygens (including phenoxy) is 1. The zero-order valence-corrected chi connectivity index (χ0v) is 12.4. The van der Waals surface area contributed by atoms with Crippen LogP contribution < -0.4 is 10.9 Å². The lowest BCUT2D eigenvalue weighted by atomic mass is 10.2. The maximum absolute atomic E-state index is 12.3. The van der Waals surface area contributed by atoms with E-state index in [2.05, 4.69) is 20.4 Å². The molecule has 8 nitrogen and oxygen atoms in total. The number of carbonyl (C=O) groups excluding carboxylic acids is 2. The largest absolute Gasteiger partial charge is 0.467 e. The molecule has 0 spiro atoms. The van der Waals surface area contributed by atoms with Crippen molar-refractivity contribution in [1.29, 1.82) is 0 Å². The number of benzene rings is 1. The molecule has 0 aliphatic rings. The zero-order valence-electron chi connectivity index (χ0n) is 12.4. The third-order valence-electron chi connectivity index (χ3n) is 3.25. The van der Waals surface area contributed by atoms with Gasteiger partial charge in [0.2, 0.25) is 5.91 Å². The lowest BCUT2D eigenvalue weighted by Crippen LogP contribution is -2.44. The van der Waals surface area contributed by atoms with Gasteiger partial charge in [0.05, 0.1) is 12.5 Å². The van der Waals surface area contributed by atoms with E-state index in [4.69, 9.17) is 0 Å². The molecule has 1 aromatic carbocycles. The summed E-state index contributed by atoms with van der Waals surface area (Å²) in [4.78, 5) is 35.8. The molecule has 22 heavy (non-hydrogen) atoms. The van der Waals surface area contributed by atoms with E-state index >= 15 is 0 Å². The number of amides is 1. The summed E-state index contributed by atoms with van der Waals surface area (Å²) in [6.07, 6.45) is 0. The number of aromatic nitrogens is 3. The Morgan fingerprint density at radius 2 is 1.95 bits per heavy atom. The van der Waals surface area contributed by atoms with Crippen molar-refractivity contribution >= 4 is 22.8 Å². The molecule has 1 heterocycles. The highest BCUT2D eigenvalue weighted by atomic mass is 16.5. The number of nitrogens with zero attached hydrogens (tertiary/aromatic N) is 3. The molecule has 0 fully saturated rings. The molecule has 0 saturated heterocycles. The Hall–Kier alpha value is -2.77. The van der Waals surface area contributed by atoms with Gasteiger partial charge in [-0.05, 0) is 26.0 Å². The molecular weight excluding hydrogens is 288 g/mol. The second-order valence-electron chi connectivity index (χ2n) is 4.79. The molecule has 2 aromatic rings. The van der Waals surface area contributed by atoms with Gasteiger partial charge in [0.1, 0.15) is 17.6 Å². The van der Waals surface area contributed by atoms with Crippen molar-refractivity contribution in [2.45, 2.75) is 25.9 Å². The first kappa shape index (κ1) is 15.6. The van der Waals surface area contributed by atoms with E-state index in [-0.39, 0.29) is 0 Å². The maximum Gasteiger partial charge on any atom is 0.328 e. The summed E-state index contributed by atoms with van der Waals surface area (Å²) in [6, 6.07) is 5.01. The topological polar surface area (TPSA) is 103 Å². The highest BCUT2D eigenvalue weighted by molar-refractivity contribution is 5.86. The van der Waals surface area contributed by atoms with Crippen molar-refractivity contribution in [1.82, 2.24) is 20.3 Å². The lowest BCUT2D eigenvalue weighted by Gasteiger charge is -2.16. The van der Waals surface area contributed by atoms with E-state index in [1.807, 2.05) is 0 Å². The standard InChI is InChI=1S/C14H16N4O4/c1-8(14(21)22-3)15-12(19)9(2)18-13(20)10-6-4-5-7-11(10)16-17-18/h4-9H,1-3H3,(H,15,19)/t8-,9-/m0/s1. The Balaban J connectivity index is 2.28. The predicted octanol–water partition coefficient (Wildman–Crippen LogP) is 0.0302. The molecule has 1 aromatic heterocycles. The summed E-state index contributed by atoms with van der Waals surface area (Å²) in [5.74, 6) is -1.10. The van der Waals surface area contributed by atoms with Gasteiger partial charge in [-0.25, -0.2) is 4.79 Å². The van der Waals surface area contributed by atoms with Crippen LogP contribution in [0.3, 0.4) is 0 Å². The Labute approximate surface area is 126 Å². The molecule has 2 atom stereocenters. The summed E-state index contributed by atoms with van der Waals surface area (Å²) in [5, 5.41) is 10.5. The maximum atomic E-state index is 12.3. The SMILES string of the molecule is COC(=O)[C@H](C)NC(=O)[C@H](C)n1nnc2ccccc2c1=O. The first-order chi connectivity index (χ1) is 10.5. The molecule has 0 unspecified atom stereocenters. The van der Waals surface area contributed by atoms with Crippen molar-refractivity contribution in [3.63, 3.8) is 0 Å². The molecule has 0 saturated carbocycles. The number of rotatable bonds is 4. The fourth-order valence-corrected chi connectivity index (χ4v) is 1.94. The van der Waals surface area contributed by atoms with Crippen LogP contribution in [0.5, 0.6) is 0 Å². The van der Waals surface area contributed by atoms with Crippen LogP contribution in [-0.2, 0) is 14.3 Å². The average molecular weight is 304 g/mol. The van der Waals surface area contributed by atoms with Crippen LogP contribution in [0.25, 0.3) is 10.9 Å². The van der Waals surface area contributed by atoms with Gasteiger partial charge in [-0.1, -0.05) is 17.3 Å². The fraction of sp³-hybridized carbons (Fsp3) is 0.357. The van der Waals surface area contributed by atoms with Crippen LogP contribution in [0.1, 0.15) is 19.9 Å². The second kappa shape index (κ2) is 6.33. The molecule has 0 bridgehead atoms. The highest BCUT2D eigenvalue weighted by Crippen LogP contribution is 2.07. The van der Waals surface area contributed by atoms with Crippen LogP contribution in [0, 0.1) is 0 Å². The van der Waals surface area contributed by atoms with Crippen LogP contribution in [0.2, 0.25) is 0 Å². The first-order valence-electron chi connectivity index (χ1n) is 6.68. The first-order valence-corrected chi connectivity index (χ1v) is 6.68. The molecule has 2 rings (SSSR count). The van der Waals surface area contributed by atoms with Crippen LogP contribution in [-0.4, -0.2) is 40.0 Å². The fourth-order valence-electron chi connectivity index (χ4n) is 1.94. The molecule has 116 valence electrons. The van der Waals surface area contributed by atoms with Crippen molar-refractivity contribution in [3.8, 4) is 0 Å². The van der Waals surface area contributed by atoms with Crippen molar-refractivity contribution in [2.24, 2.45) is 0 Å². The number of fused-ring (bicyclic) bond motifs is 1. The van der Waals surface area contributed by atoms with Crippen LogP contribution in [0.4, 0.5) is 0 Å². The van der Waals surface area contributed by atoms with Gasteiger partial charge in [0.15, 0.2) is 0 Å². The van der Waals surface area contributed by atoms with Gasteiger partial charge in [-0.2, -0.15) is 4.68 Å². The van der Waals surface area contributed by atoms with E-state index in [9.17, 15) is 14.4 Å². The number of hydrogen-bond donors (Lipinski definition) is 1. The average Bonchev–Trinajstić information content (AvgIpc) is 2.53. The normalized spacial score (nSPS) is 13.4. The minimum atomic E-state index is -0.906. The van der Waals surface area contributed by atoms with Gasteiger partial charge >= 0.3 is 5.97 Å². The highest BCUT2D eigenvalue weighted by Gasteiger charge is 2.23. The van der Waals surface area contributed by atoms with E-state index in [1.165, 1.54) is 21.0 Å². The number of nitrogens with one attached hydrogen (secondary N) is 1. The molecule has 1 amide bonds. The Morgan fingerprint density at radius 3 is 2.64 bits per heavy atom. The minimum Gasteiger partial charge on any atom is -0.467 e. The zero-order chi connectivity index (χ0) is 16.3. The number of carbonyl (C=O) groups is 2. The van der Waals surface area contributed by atoms with E-state index < -0.39 is 29.5 Å². The molecule has 0 aliphatic carbocycles. The van der Waals surface area contributed by atoms with Crippen LogP contribution >= 0.6 is 0 Å². The molecule has 8 heteroatoms. The molecular formula is C14H16N4O4. The number of esters is 1. The lowest BCUT2D eigenvalue weighted by molar-refractivity contribution is -0.144. The Kier molecular flexibility index (Phi) is 4.50. The van der Waals surface area contributed by atoms with Gasteiger partial charge in [-0.3, -0.25) is 9.59 Å². The predicted molar refractivity (Wildman–Crippen MR) is 78.1 cm³/mol. The van der Waals surface area contributed by atoms with E-state index in [0.29, 0.717) is 10.9 Å². The third kappa shape index (κ3) is 2.95. The summed E-state index contributed by atoms with van der Waals surface area (Å²) >= 11 is 0. The Morgan fingerprint density at radius 1 is 1.27 bits per heavy atom. The van der Waals surface area contributed by atoms with Gasteiger partial charge in [0, 0.05) is 0 Å². The van der Waals surface area contributed by atoms with Crippen molar-refractivity contribution < 1.29 is 14.3 Å². The van der Waals surface area contributed by atoms with Gasteiger partial charge in [-0.15, -0.1) is 5.10 Å². The van der Waals surface area contributed by atoms with Gasteiger partial charge in [0.25, 0.3) is 5.56 Å². The molecule has 0 aliphatic heterocycles. The summed E-state index contributed by atoms with van der Waals surface area (Å²) < 4.78 is 5.52. The number of hydrogen-bond acceptors (Lipinski definition) is 6. The van der Waals surface area contributed by atoms with E-state index in [0.717, 1.165) is 4.68 Å². The van der Waals surface area contributed by atoms with Crippen molar-refractivity contribution in [2.75, 3.05) is 7.11 Å². The smallest absolute Gasteiger partial charge is 0.328 e. The van der Waals surface area contributed by atoms with Gasteiger partial charge < -0.3 is 10.1 Å². The Bertz CT molecular complexity index is 771. The quantitative estimate of drug-likeness (QED) is 0.799. The summed E-state index contributed by atoms with van der Waals surface area (Å²) in [6.45, 7) is 3.00. The van der Waals surface area contributed by atoms with E-state index in [1.54, 1.807) is 24.3 Å².